The molecule has 1 amide bonds. The number of carbonyl (C=O) groups is 1. The molecule has 164 valence electrons. The second-order valence-electron chi connectivity index (χ2n) is 7.34. The molecule has 1 aromatic heterocycles. The normalized spacial score (nSPS) is 15.8. The molecule has 0 spiro atoms. The summed E-state index contributed by atoms with van der Waals surface area (Å²) in [6.07, 6.45) is 1.01. The summed E-state index contributed by atoms with van der Waals surface area (Å²) in [5.41, 5.74) is 0.958. The van der Waals surface area contributed by atoms with E-state index >= 15 is 0 Å². The number of anilines is 1. The average Bonchev–Trinajstić information content (AvgIpc) is 3.20. The Kier molecular flexibility index (Phi) is 6.76. The summed E-state index contributed by atoms with van der Waals surface area (Å²) in [7, 11) is -3.56. The number of carbonyl (C=O) groups excluding carboxylic acids is 1. The lowest BCUT2D eigenvalue weighted by molar-refractivity contribution is -0.126. The van der Waals surface area contributed by atoms with Gasteiger partial charge < -0.3 is 10.6 Å². The van der Waals surface area contributed by atoms with E-state index in [1.165, 1.54) is 16.4 Å². The fraction of sp³-hybridized carbons (Fsp3) is 0.333. The van der Waals surface area contributed by atoms with E-state index in [1.54, 1.807) is 23.5 Å². The van der Waals surface area contributed by atoms with E-state index < -0.39 is 10.0 Å². The maximum Gasteiger partial charge on any atom is 0.243 e. The number of aromatic nitrogens is 1. The van der Waals surface area contributed by atoms with Crippen molar-refractivity contribution in [3.05, 3.63) is 53.6 Å². The highest BCUT2D eigenvalue weighted by Crippen LogP contribution is 2.26. The number of nitrogens with one attached hydrogen (secondary N) is 2. The highest BCUT2D eigenvalue weighted by atomic mass is 35.5. The summed E-state index contributed by atoms with van der Waals surface area (Å²) in [5.74, 6) is -0.214. The first-order chi connectivity index (χ1) is 14.9. The van der Waals surface area contributed by atoms with Crippen molar-refractivity contribution in [2.45, 2.75) is 17.7 Å². The molecular weight excluding hydrogens is 456 g/mol. The van der Waals surface area contributed by atoms with Crippen LogP contribution < -0.4 is 10.6 Å². The molecule has 0 saturated carbocycles. The Bertz CT molecular complexity index is 1120. The number of nitrogens with zero attached hydrogens (tertiary/aromatic N) is 2. The van der Waals surface area contributed by atoms with E-state index in [4.69, 9.17) is 11.6 Å². The summed E-state index contributed by atoms with van der Waals surface area (Å²) in [4.78, 5) is 17.2. The number of para-hydroxylation sites is 1. The van der Waals surface area contributed by atoms with Crippen molar-refractivity contribution in [1.82, 2.24) is 14.6 Å². The molecule has 0 unspecified atom stereocenters. The summed E-state index contributed by atoms with van der Waals surface area (Å²) >= 11 is 7.43. The molecule has 1 saturated heterocycles. The Hall–Kier alpha value is -2.20. The fourth-order valence-corrected chi connectivity index (χ4v) is 6.05. The van der Waals surface area contributed by atoms with Crippen LogP contribution in [0.5, 0.6) is 0 Å². The van der Waals surface area contributed by atoms with Crippen molar-refractivity contribution in [1.29, 1.82) is 0 Å². The van der Waals surface area contributed by atoms with Crippen LogP contribution in [0.3, 0.4) is 0 Å². The molecule has 3 aromatic rings. The van der Waals surface area contributed by atoms with Crippen LogP contribution in [0.1, 0.15) is 12.8 Å². The lowest BCUT2D eigenvalue weighted by Crippen LogP contribution is -2.43. The number of sulfonamides is 1. The third kappa shape index (κ3) is 5.17. The highest BCUT2D eigenvalue weighted by molar-refractivity contribution is 7.89. The topological polar surface area (TPSA) is 91.4 Å². The highest BCUT2D eigenvalue weighted by Gasteiger charge is 2.31. The standard InChI is InChI=1S/C21H23ClN4O3S2/c22-16-5-7-17(8-6-16)31(28,29)26-13-9-15(10-14-26)20(27)23-11-12-24-21-25-18-3-1-2-4-19(18)30-21/h1-8,15H,9-14H2,(H,23,27)(H,24,25). The van der Waals surface area contributed by atoms with Crippen LogP contribution in [0.15, 0.2) is 53.4 Å². The van der Waals surface area contributed by atoms with Gasteiger partial charge in [0.05, 0.1) is 15.1 Å². The number of hydrogen-bond acceptors (Lipinski definition) is 6. The number of benzene rings is 2. The Balaban J connectivity index is 1.22. The SMILES string of the molecule is O=C(NCCNc1nc2ccccc2s1)C1CCN(S(=O)(=O)c2ccc(Cl)cc2)CC1. The quantitative estimate of drug-likeness (QED) is 0.506. The molecule has 31 heavy (non-hydrogen) atoms. The number of halogens is 1. The van der Waals surface area contributed by atoms with Gasteiger partial charge >= 0.3 is 0 Å². The minimum absolute atomic E-state index is 0.0327. The Labute approximate surface area is 190 Å². The molecule has 2 heterocycles. The van der Waals surface area contributed by atoms with Crippen molar-refractivity contribution in [2.75, 3.05) is 31.5 Å². The number of piperidine rings is 1. The van der Waals surface area contributed by atoms with Crippen molar-refractivity contribution in [3.8, 4) is 0 Å². The van der Waals surface area contributed by atoms with Crippen LogP contribution in [0, 0.1) is 5.92 Å². The van der Waals surface area contributed by atoms with Gasteiger partial charge in [-0.05, 0) is 49.2 Å². The van der Waals surface area contributed by atoms with Gasteiger partial charge in [-0.15, -0.1) is 0 Å². The minimum atomic E-state index is -3.56. The molecule has 10 heteroatoms. The monoisotopic (exact) mass is 478 g/mol. The second-order valence-corrected chi connectivity index (χ2v) is 10.7. The average molecular weight is 479 g/mol. The van der Waals surface area contributed by atoms with Crippen molar-refractivity contribution < 1.29 is 13.2 Å². The van der Waals surface area contributed by atoms with E-state index in [0.717, 1.165) is 15.3 Å². The summed E-state index contributed by atoms with van der Waals surface area (Å²) in [6.45, 7) is 1.72. The molecule has 2 N–H and O–H groups in total. The van der Waals surface area contributed by atoms with Gasteiger partial charge in [-0.25, -0.2) is 13.4 Å². The van der Waals surface area contributed by atoms with Gasteiger partial charge in [0.2, 0.25) is 15.9 Å². The van der Waals surface area contributed by atoms with E-state index in [0.29, 0.717) is 44.0 Å². The first-order valence-corrected chi connectivity index (χ1v) is 12.7. The minimum Gasteiger partial charge on any atom is -0.360 e. The number of amides is 1. The maximum atomic E-state index is 12.8. The van der Waals surface area contributed by atoms with Gasteiger partial charge in [-0.2, -0.15) is 4.31 Å². The molecule has 0 radical (unpaired) electrons. The number of fused-ring (bicyclic) bond motifs is 1. The maximum absolute atomic E-state index is 12.8. The predicted molar refractivity (Wildman–Crippen MR) is 124 cm³/mol. The third-order valence-electron chi connectivity index (χ3n) is 5.27. The molecule has 0 bridgehead atoms. The molecule has 2 aromatic carbocycles. The molecule has 0 aliphatic carbocycles. The van der Waals surface area contributed by atoms with Gasteiger partial charge in [-0.1, -0.05) is 35.1 Å². The number of thiazole rings is 1. The van der Waals surface area contributed by atoms with Crippen LogP contribution in [0.25, 0.3) is 10.2 Å². The molecular formula is C21H23ClN4O3S2. The Morgan fingerprint density at radius 2 is 1.81 bits per heavy atom. The Morgan fingerprint density at radius 1 is 1.10 bits per heavy atom. The van der Waals surface area contributed by atoms with Crippen LogP contribution in [0.2, 0.25) is 5.02 Å². The fourth-order valence-electron chi connectivity index (χ4n) is 3.56. The van der Waals surface area contributed by atoms with Crippen LogP contribution in [0.4, 0.5) is 5.13 Å². The smallest absolute Gasteiger partial charge is 0.243 e. The second kappa shape index (κ2) is 9.52. The van der Waals surface area contributed by atoms with E-state index in [1.807, 2.05) is 24.3 Å². The van der Waals surface area contributed by atoms with Crippen molar-refractivity contribution in [3.63, 3.8) is 0 Å². The molecule has 0 atom stereocenters. The summed E-state index contributed by atoms with van der Waals surface area (Å²) < 4.78 is 28.1. The molecule has 1 aliphatic rings. The van der Waals surface area contributed by atoms with Crippen molar-refractivity contribution >= 4 is 54.2 Å². The molecule has 1 aliphatic heterocycles. The van der Waals surface area contributed by atoms with Crippen LogP contribution in [-0.2, 0) is 14.8 Å². The zero-order chi connectivity index (χ0) is 21.8. The molecule has 1 fully saturated rings. The lowest BCUT2D eigenvalue weighted by atomic mass is 9.97. The van der Waals surface area contributed by atoms with Gasteiger partial charge in [0.15, 0.2) is 5.13 Å². The van der Waals surface area contributed by atoms with Crippen LogP contribution in [-0.4, -0.2) is 49.8 Å². The van der Waals surface area contributed by atoms with Gasteiger partial charge in [0, 0.05) is 37.1 Å². The lowest BCUT2D eigenvalue weighted by Gasteiger charge is -2.30. The van der Waals surface area contributed by atoms with Gasteiger partial charge in [0.25, 0.3) is 0 Å². The first kappa shape index (κ1) is 22.0. The summed E-state index contributed by atoms with van der Waals surface area (Å²) in [6, 6.07) is 14.1. The Morgan fingerprint density at radius 3 is 2.52 bits per heavy atom. The zero-order valence-electron chi connectivity index (χ0n) is 16.8. The van der Waals surface area contributed by atoms with E-state index in [2.05, 4.69) is 15.6 Å². The van der Waals surface area contributed by atoms with Crippen molar-refractivity contribution in [2.24, 2.45) is 5.92 Å². The zero-order valence-corrected chi connectivity index (χ0v) is 19.1. The summed E-state index contributed by atoms with van der Waals surface area (Å²) in [5, 5.41) is 7.50. The van der Waals surface area contributed by atoms with Gasteiger partial charge in [0.1, 0.15) is 0 Å². The predicted octanol–water partition coefficient (Wildman–Crippen LogP) is 3.58. The molecule has 7 nitrogen and oxygen atoms in total. The number of rotatable bonds is 7. The van der Waals surface area contributed by atoms with E-state index in [-0.39, 0.29) is 16.7 Å². The van der Waals surface area contributed by atoms with Gasteiger partial charge in [-0.3, -0.25) is 4.79 Å². The number of hydrogen-bond donors (Lipinski definition) is 2. The third-order valence-corrected chi connectivity index (χ3v) is 8.43. The first-order valence-electron chi connectivity index (χ1n) is 10.1. The molecule has 4 rings (SSSR count). The van der Waals surface area contributed by atoms with E-state index in [9.17, 15) is 13.2 Å². The van der Waals surface area contributed by atoms with Crippen LogP contribution >= 0.6 is 22.9 Å². The largest absolute Gasteiger partial charge is 0.360 e.